The summed E-state index contributed by atoms with van der Waals surface area (Å²) in [7, 11) is 1.65. The predicted octanol–water partition coefficient (Wildman–Crippen LogP) is 2.97. The SMILES string of the molecule is COc1cccc(-c2nc(Cl)c(CCN)s2)c1. The molecule has 2 N–H and O–H groups in total. The van der Waals surface area contributed by atoms with Crippen LogP contribution in [0.25, 0.3) is 10.6 Å². The third kappa shape index (κ3) is 2.77. The summed E-state index contributed by atoms with van der Waals surface area (Å²) in [6, 6.07) is 7.77. The van der Waals surface area contributed by atoms with E-state index in [1.54, 1.807) is 18.4 Å². The van der Waals surface area contributed by atoms with E-state index in [0.717, 1.165) is 27.6 Å². The highest BCUT2D eigenvalue weighted by molar-refractivity contribution is 7.15. The molecule has 0 aliphatic rings. The van der Waals surface area contributed by atoms with Crippen molar-refractivity contribution in [1.82, 2.24) is 4.98 Å². The van der Waals surface area contributed by atoms with Crippen molar-refractivity contribution in [3.8, 4) is 16.3 Å². The summed E-state index contributed by atoms with van der Waals surface area (Å²) in [5, 5.41) is 1.45. The van der Waals surface area contributed by atoms with Gasteiger partial charge in [0.1, 0.15) is 15.9 Å². The van der Waals surface area contributed by atoms with Gasteiger partial charge in [-0.15, -0.1) is 11.3 Å². The highest BCUT2D eigenvalue weighted by atomic mass is 35.5. The van der Waals surface area contributed by atoms with Crippen LogP contribution in [-0.4, -0.2) is 18.6 Å². The Bertz CT molecular complexity index is 513. The molecule has 1 aromatic carbocycles. The molecule has 0 saturated heterocycles. The molecular weight excluding hydrogens is 256 g/mol. The number of nitrogens with two attached hydrogens (primary N) is 1. The smallest absolute Gasteiger partial charge is 0.143 e. The fraction of sp³-hybridized carbons (Fsp3) is 0.250. The van der Waals surface area contributed by atoms with Crippen molar-refractivity contribution in [1.29, 1.82) is 0 Å². The van der Waals surface area contributed by atoms with E-state index in [1.807, 2.05) is 24.3 Å². The largest absolute Gasteiger partial charge is 0.497 e. The molecule has 2 rings (SSSR count). The summed E-state index contributed by atoms with van der Waals surface area (Å²) in [6.07, 6.45) is 0.764. The first-order valence-electron chi connectivity index (χ1n) is 5.24. The van der Waals surface area contributed by atoms with E-state index in [4.69, 9.17) is 22.1 Å². The highest BCUT2D eigenvalue weighted by Gasteiger charge is 2.10. The van der Waals surface area contributed by atoms with Crippen LogP contribution in [0, 0.1) is 0 Å². The maximum Gasteiger partial charge on any atom is 0.143 e. The average molecular weight is 269 g/mol. The van der Waals surface area contributed by atoms with Crippen LogP contribution in [0.2, 0.25) is 5.15 Å². The van der Waals surface area contributed by atoms with E-state index in [0.29, 0.717) is 11.7 Å². The second kappa shape index (κ2) is 5.49. The molecule has 90 valence electrons. The maximum atomic E-state index is 6.06. The number of halogens is 1. The Morgan fingerprint density at radius 2 is 2.29 bits per heavy atom. The van der Waals surface area contributed by atoms with Crippen molar-refractivity contribution in [3.63, 3.8) is 0 Å². The van der Waals surface area contributed by atoms with Crippen LogP contribution in [0.3, 0.4) is 0 Å². The second-order valence-electron chi connectivity index (χ2n) is 3.50. The molecule has 3 nitrogen and oxygen atoms in total. The van der Waals surface area contributed by atoms with Crippen molar-refractivity contribution >= 4 is 22.9 Å². The van der Waals surface area contributed by atoms with E-state index in [9.17, 15) is 0 Å². The molecule has 0 amide bonds. The van der Waals surface area contributed by atoms with Crippen LogP contribution in [0.15, 0.2) is 24.3 Å². The van der Waals surface area contributed by atoms with Crippen LogP contribution in [0.1, 0.15) is 4.88 Å². The molecule has 1 aromatic heterocycles. The zero-order valence-electron chi connectivity index (χ0n) is 9.44. The third-order valence-corrected chi connectivity index (χ3v) is 3.93. The summed E-state index contributed by atoms with van der Waals surface area (Å²) in [6.45, 7) is 0.583. The van der Waals surface area contributed by atoms with Crippen molar-refractivity contribution in [2.75, 3.05) is 13.7 Å². The fourth-order valence-electron chi connectivity index (χ4n) is 1.50. The van der Waals surface area contributed by atoms with E-state index in [2.05, 4.69) is 4.98 Å². The molecule has 0 bridgehead atoms. The number of hydrogen-bond donors (Lipinski definition) is 1. The van der Waals surface area contributed by atoms with E-state index in [1.165, 1.54) is 0 Å². The molecular formula is C12H13ClN2OS. The van der Waals surface area contributed by atoms with Gasteiger partial charge in [0.05, 0.1) is 7.11 Å². The molecule has 0 spiro atoms. The molecule has 0 unspecified atom stereocenters. The number of methoxy groups -OCH3 is 1. The van der Waals surface area contributed by atoms with Crippen LogP contribution in [-0.2, 0) is 6.42 Å². The van der Waals surface area contributed by atoms with Crippen molar-refractivity contribution in [3.05, 3.63) is 34.3 Å². The minimum absolute atomic E-state index is 0.554. The zero-order valence-corrected chi connectivity index (χ0v) is 11.0. The second-order valence-corrected chi connectivity index (χ2v) is 4.95. The van der Waals surface area contributed by atoms with Crippen LogP contribution in [0.4, 0.5) is 0 Å². The van der Waals surface area contributed by atoms with Gasteiger partial charge in [-0.3, -0.25) is 0 Å². The minimum Gasteiger partial charge on any atom is -0.497 e. The quantitative estimate of drug-likeness (QED) is 0.927. The number of thiazole rings is 1. The standard InChI is InChI=1S/C12H13ClN2OS/c1-16-9-4-2-3-8(7-9)12-15-11(13)10(17-12)5-6-14/h2-4,7H,5-6,14H2,1H3. The van der Waals surface area contributed by atoms with Gasteiger partial charge in [0.15, 0.2) is 0 Å². The van der Waals surface area contributed by atoms with Gasteiger partial charge in [0.25, 0.3) is 0 Å². The van der Waals surface area contributed by atoms with Crippen LogP contribution in [0.5, 0.6) is 5.75 Å². The Hall–Kier alpha value is -1.10. The molecule has 0 saturated carbocycles. The lowest BCUT2D eigenvalue weighted by Crippen LogP contribution is -2.01. The van der Waals surface area contributed by atoms with E-state index >= 15 is 0 Å². The van der Waals surface area contributed by atoms with Gasteiger partial charge in [0, 0.05) is 10.4 Å². The van der Waals surface area contributed by atoms with Crippen molar-refractivity contribution in [2.45, 2.75) is 6.42 Å². The Kier molecular flexibility index (Phi) is 3.99. The third-order valence-electron chi connectivity index (χ3n) is 2.34. The number of benzene rings is 1. The lowest BCUT2D eigenvalue weighted by atomic mass is 10.2. The van der Waals surface area contributed by atoms with Gasteiger partial charge in [0.2, 0.25) is 0 Å². The van der Waals surface area contributed by atoms with Crippen LogP contribution < -0.4 is 10.5 Å². The Morgan fingerprint density at radius 3 is 3.00 bits per heavy atom. The topological polar surface area (TPSA) is 48.1 Å². The van der Waals surface area contributed by atoms with Gasteiger partial charge in [-0.25, -0.2) is 4.98 Å². The van der Waals surface area contributed by atoms with Gasteiger partial charge in [-0.1, -0.05) is 23.7 Å². The van der Waals surface area contributed by atoms with E-state index < -0.39 is 0 Å². The summed E-state index contributed by atoms with van der Waals surface area (Å²) in [5.41, 5.74) is 6.54. The molecule has 0 atom stereocenters. The maximum absolute atomic E-state index is 6.06. The summed E-state index contributed by atoms with van der Waals surface area (Å²) in [5.74, 6) is 0.814. The number of aromatic nitrogens is 1. The average Bonchev–Trinajstić information content (AvgIpc) is 2.72. The van der Waals surface area contributed by atoms with Crippen molar-refractivity contribution < 1.29 is 4.74 Å². The minimum atomic E-state index is 0.554. The summed E-state index contributed by atoms with van der Waals surface area (Å²) >= 11 is 7.64. The highest BCUT2D eigenvalue weighted by Crippen LogP contribution is 2.32. The lowest BCUT2D eigenvalue weighted by Gasteiger charge is -2.00. The first-order valence-corrected chi connectivity index (χ1v) is 6.43. The molecule has 17 heavy (non-hydrogen) atoms. The number of ether oxygens (including phenoxy) is 1. The first-order chi connectivity index (χ1) is 8.24. The lowest BCUT2D eigenvalue weighted by molar-refractivity contribution is 0.415. The van der Waals surface area contributed by atoms with Gasteiger partial charge in [-0.05, 0) is 25.1 Å². The Balaban J connectivity index is 2.35. The Morgan fingerprint density at radius 1 is 1.47 bits per heavy atom. The zero-order chi connectivity index (χ0) is 12.3. The summed E-state index contributed by atoms with van der Waals surface area (Å²) < 4.78 is 5.18. The monoisotopic (exact) mass is 268 g/mol. The molecule has 0 aliphatic carbocycles. The van der Waals surface area contributed by atoms with Crippen molar-refractivity contribution in [2.24, 2.45) is 5.73 Å². The van der Waals surface area contributed by atoms with Gasteiger partial charge < -0.3 is 10.5 Å². The number of nitrogens with zero attached hydrogens (tertiary/aromatic N) is 1. The predicted molar refractivity (Wildman–Crippen MR) is 71.9 cm³/mol. The first kappa shape index (κ1) is 12.4. The van der Waals surface area contributed by atoms with Gasteiger partial charge >= 0.3 is 0 Å². The van der Waals surface area contributed by atoms with Crippen LogP contribution >= 0.6 is 22.9 Å². The molecule has 1 heterocycles. The molecule has 5 heteroatoms. The number of rotatable bonds is 4. The fourth-order valence-corrected chi connectivity index (χ4v) is 2.81. The molecule has 0 fully saturated rings. The number of hydrogen-bond acceptors (Lipinski definition) is 4. The Labute approximate surface area is 109 Å². The van der Waals surface area contributed by atoms with E-state index in [-0.39, 0.29) is 0 Å². The molecule has 2 aromatic rings. The normalized spacial score (nSPS) is 10.5. The summed E-state index contributed by atoms with van der Waals surface area (Å²) in [4.78, 5) is 5.38. The van der Waals surface area contributed by atoms with Gasteiger partial charge in [-0.2, -0.15) is 0 Å². The molecule has 0 radical (unpaired) electrons. The molecule has 0 aliphatic heterocycles.